The van der Waals surface area contributed by atoms with Crippen LogP contribution in [0, 0.1) is 5.92 Å². The van der Waals surface area contributed by atoms with Gasteiger partial charge in [-0.05, 0) is 43.0 Å². The molecule has 2 N–H and O–H groups in total. The lowest BCUT2D eigenvalue weighted by Crippen LogP contribution is -2.32. The maximum Gasteiger partial charge on any atom is 0.123 e. The minimum absolute atomic E-state index is 0.622. The van der Waals surface area contributed by atoms with Crippen molar-refractivity contribution in [2.75, 3.05) is 18.8 Å². The molecule has 88 valence electrons. The van der Waals surface area contributed by atoms with Gasteiger partial charge in [-0.2, -0.15) is 0 Å². The molecule has 1 aromatic rings. The fraction of sp³-hybridized carbons (Fsp3) is 0.615. The minimum Gasteiger partial charge on any atom is -0.384 e. The summed E-state index contributed by atoms with van der Waals surface area (Å²) in [5.74, 6) is 1.55. The van der Waals surface area contributed by atoms with Crippen LogP contribution in [0.3, 0.4) is 0 Å². The van der Waals surface area contributed by atoms with Crippen molar-refractivity contribution >= 4 is 5.82 Å². The van der Waals surface area contributed by atoms with Crippen LogP contribution < -0.4 is 5.73 Å². The topological polar surface area (TPSA) is 42.2 Å². The summed E-state index contributed by atoms with van der Waals surface area (Å²) in [6.07, 6.45) is 6.04. The molecule has 1 fully saturated rings. The number of hydrogen-bond donors (Lipinski definition) is 1. The van der Waals surface area contributed by atoms with Crippen LogP contribution >= 0.6 is 0 Å². The van der Waals surface area contributed by atoms with Crippen molar-refractivity contribution in [2.24, 2.45) is 5.92 Å². The summed E-state index contributed by atoms with van der Waals surface area (Å²) in [6.45, 7) is 5.57. The van der Waals surface area contributed by atoms with Crippen molar-refractivity contribution in [2.45, 2.75) is 32.7 Å². The third kappa shape index (κ3) is 2.95. The predicted molar refractivity (Wildman–Crippen MR) is 66.9 cm³/mol. The Morgan fingerprint density at radius 3 is 2.88 bits per heavy atom. The van der Waals surface area contributed by atoms with Crippen LogP contribution in [0.2, 0.25) is 0 Å². The lowest BCUT2D eigenvalue weighted by atomic mass is 9.85. The predicted octanol–water partition coefficient (Wildman–Crippen LogP) is 2.29. The number of hydrogen-bond acceptors (Lipinski definition) is 3. The average Bonchev–Trinajstić information content (AvgIpc) is 2.21. The van der Waals surface area contributed by atoms with E-state index in [9.17, 15) is 0 Å². The molecule has 1 aliphatic carbocycles. The van der Waals surface area contributed by atoms with Crippen molar-refractivity contribution in [1.29, 1.82) is 0 Å². The van der Waals surface area contributed by atoms with Gasteiger partial charge in [-0.25, -0.2) is 4.98 Å². The molecule has 16 heavy (non-hydrogen) atoms. The lowest BCUT2D eigenvalue weighted by Gasteiger charge is -2.31. The van der Waals surface area contributed by atoms with Crippen molar-refractivity contribution < 1.29 is 0 Å². The van der Waals surface area contributed by atoms with Crippen LogP contribution in [0.4, 0.5) is 5.82 Å². The smallest absolute Gasteiger partial charge is 0.123 e. The molecule has 3 heteroatoms. The van der Waals surface area contributed by atoms with E-state index in [2.05, 4.69) is 22.9 Å². The van der Waals surface area contributed by atoms with Crippen LogP contribution in [0.1, 0.15) is 31.7 Å². The second-order valence-electron chi connectivity index (χ2n) is 4.71. The molecule has 0 radical (unpaired) electrons. The Labute approximate surface area is 97.7 Å². The first-order valence-electron chi connectivity index (χ1n) is 6.20. The molecule has 1 aliphatic rings. The largest absolute Gasteiger partial charge is 0.384 e. The molecule has 0 aliphatic heterocycles. The Bertz CT molecular complexity index is 334. The molecular weight excluding hydrogens is 198 g/mol. The second-order valence-corrected chi connectivity index (χ2v) is 4.71. The van der Waals surface area contributed by atoms with E-state index in [1.807, 2.05) is 6.07 Å². The number of pyridine rings is 1. The molecule has 0 unspecified atom stereocenters. The number of anilines is 1. The third-order valence-corrected chi connectivity index (χ3v) is 3.44. The molecule has 1 aromatic heterocycles. The molecule has 3 nitrogen and oxygen atoms in total. The van der Waals surface area contributed by atoms with Gasteiger partial charge in [-0.1, -0.05) is 13.3 Å². The van der Waals surface area contributed by atoms with Crippen molar-refractivity contribution in [3.05, 3.63) is 23.9 Å². The van der Waals surface area contributed by atoms with E-state index in [1.54, 1.807) is 6.20 Å². The zero-order chi connectivity index (χ0) is 11.4. The Morgan fingerprint density at radius 2 is 2.31 bits per heavy atom. The van der Waals surface area contributed by atoms with Gasteiger partial charge < -0.3 is 5.73 Å². The Morgan fingerprint density at radius 1 is 1.50 bits per heavy atom. The molecule has 0 aromatic carbocycles. The van der Waals surface area contributed by atoms with Gasteiger partial charge in [-0.15, -0.1) is 0 Å². The Balaban J connectivity index is 1.89. The fourth-order valence-corrected chi connectivity index (χ4v) is 2.20. The van der Waals surface area contributed by atoms with Gasteiger partial charge in [-0.3, -0.25) is 4.90 Å². The summed E-state index contributed by atoms with van der Waals surface area (Å²) in [5, 5.41) is 0. The van der Waals surface area contributed by atoms with Gasteiger partial charge in [0, 0.05) is 19.3 Å². The highest BCUT2D eigenvalue weighted by molar-refractivity contribution is 5.31. The van der Waals surface area contributed by atoms with Crippen LogP contribution in [0.5, 0.6) is 0 Å². The molecule has 2 rings (SSSR count). The third-order valence-electron chi connectivity index (χ3n) is 3.44. The molecule has 0 saturated heterocycles. The van der Waals surface area contributed by atoms with E-state index in [0.29, 0.717) is 5.82 Å². The van der Waals surface area contributed by atoms with Crippen LogP contribution in [-0.4, -0.2) is 23.0 Å². The maximum absolute atomic E-state index is 5.68. The first-order valence-corrected chi connectivity index (χ1v) is 6.20. The fourth-order valence-electron chi connectivity index (χ4n) is 2.20. The monoisotopic (exact) mass is 219 g/mol. The number of aromatic nitrogens is 1. The first-order chi connectivity index (χ1) is 7.78. The van der Waals surface area contributed by atoms with Gasteiger partial charge in [0.2, 0.25) is 0 Å². The first kappa shape index (κ1) is 11.4. The van der Waals surface area contributed by atoms with Crippen LogP contribution in [-0.2, 0) is 6.54 Å². The Kier molecular flexibility index (Phi) is 3.78. The highest BCUT2D eigenvalue weighted by Gasteiger charge is 2.19. The van der Waals surface area contributed by atoms with Gasteiger partial charge in [0.15, 0.2) is 0 Å². The van der Waals surface area contributed by atoms with E-state index in [0.717, 1.165) is 19.0 Å². The zero-order valence-corrected chi connectivity index (χ0v) is 10.0. The molecule has 0 bridgehead atoms. The van der Waals surface area contributed by atoms with Crippen molar-refractivity contribution in [1.82, 2.24) is 9.88 Å². The normalized spacial score (nSPS) is 16.4. The number of nitrogens with two attached hydrogens (primary N) is 1. The SMILES string of the molecule is CCN(Cc1ccnc(N)c1)CC1CCC1. The van der Waals surface area contributed by atoms with Gasteiger partial charge in [0.25, 0.3) is 0 Å². The summed E-state index contributed by atoms with van der Waals surface area (Å²) in [7, 11) is 0. The van der Waals surface area contributed by atoms with E-state index < -0.39 is 0 Å². The molecule has 1 heterocycles. The van der Waals surface area contributed by atoms with Crippen molar-refractivity contribution in [3.63, 3.8) is 0 Å². The summed E-state index contributed by atoms with van der Waals surface area (Å²) >= 11 is 0. The number of nitrogen functional groups attached to an aromatic ring is 1. The summed E-state index contributed by atoms with van der Waals surface area (Å²) in [6, 6.07) is 4.03. The quantitative estimate of drug-likeness (QED) is 0.826. The van der Waals surface area contributed by atoms with E-state index in [-0.39, 0.29) is 0 Å². The van der Waals surface area contributed by atoms with Gasteiger partial charge in [0.05, 0.1) is 0 Å². The molecular formula is C13H21N3. The van der Waals surface area contributed by atoms with Gasteiger partial charge in [0.1, 0.15) is 5.82 Å². The molecule has 0 atom stereocenters. The number of rotatable bonds is 5. The average molecular weight is 219 g/mol. The summed E-state index contributed by atoms with van der Waals surface area (Å²) in [5.41, 5.74) is 6.96. The van der Waals surface area contributed by atoms with E-state index >= 15 is 0 Å². The minimum atomic E-state index is 0.622. The lowest BCUT2D eigenvalue weighted by molar-refractivity contribution is 0.178. The highest BCUT2D eigenvalue weighted by atomic mass is 15.1. The van der Waals surface area contributed by atoms with Crippen molar-refractivity contribution in [3.8, 4) is 0 Å². The van der Waals surface area contributed by atoms with E-state index in [4.69, 9.17) is 5.73 Å². The summed E-state index contributed by atoms with van der Waals surface area (Å²) < 4.78 is 0. The highest BCUT2D eigenvalue weighted by Crippen LogP contribution is 2.27. The van der Waals surface area contributed by atoms with E-state index in [1.165, 1.54) is 31.4 Å². The zero-order valence-electron chi connectivity index (χ0n) is 10.0. The standard InChI is InChI=1S/C13H21N3/c1-2-16(9-11-4-3-5-11)10-12-6-7-15-13(14)8-12/h6-8,11H,2-5,9-10H2,1H3,(H2,14,15). The second kappa shape index (κ2) is 5.30. The molecule has 1 saturated carbocycles. The van der Waals surface area contributed by atoms with Crippen LogP contribution in [0.25, 0.3) is 0 Å². The maximum atomic E-state index is 5.68. The number of nitrogens with zero attached hydrogens (tertiary/aromatic N) is 2. The van der Waals surface area contributed by atoms with Crippen LogP contribution in [0.15, 0.2) is 18.3 Å². The van der Waals surface area contributed by atoms with Gasteiger partial charge >= 0.3 is 0 Å². The summed E-state index contributed by atoms with van der Waals surface area (Å²) in [4.78, 5) is 6.52. The molecule has 0 spiro atoms. The Hall–Kier alpha value is -1.09. The molecule has 0 amide bonds.